The van der Waals surface area contributed by atoms with Crippen LogP contribution in [0.5, 0.6) is 0 Å². The molecule has 0 aliphatic carbocycles. The first-order valence-corrected chi connectivity index (χ1v) is 8.21. The van der Waals surface area contributed by atoms with Gasteiger partial charge < -0.3 is 0 Å². The third-order valence-electron chi connectivity index (χ3n) is 3.40. The maximum Gasteiger partial charge on any atom is 0.433 e. The minimum atomic E-state index is -2.20. The van der Waals surface area contributed by atoms with E-state index >= 15 is 0 Å². The van der Waals surface area contributed by atoms with Crippen LogP contribution in [0.4, 0.5) is 0 Å². The number of hydrogen-bond donors (Lipinski definition) is 1. The molecule has 2 aromatic carbocycles. The second-order valence-electron chi connectivity index (χ2n) is 4.85. The highest BCUT2D eigenvalue weighted by Gasteiger charge is 2.50. The molecule has 4 heteroatoms. The van der Waals surface area contributed by atoms with Crippen LogP contribution in [0.15, 0.2) is 60.7 Å². The second-order valence-corrected chi connectivity index (χ2v) is 7.15. The highest BCUT2D eigenvalue weighted by atomic mass is 31.2. The lowest BCUT2D eigenvalue weighted by Crippen LogP contribution is -2.25. The van der Waals surface area contributed by atoms with Gasteiger partial charge in [0.25, 0.3) is 0 Å². The van der Waals surface area contributed by atoms with E-state index in [1.54, 1.807) is 0 Å². The molecular weight excluding hydrogens is 252 g/mol. The van der Waals surface area contributed by atoms with E-state index in [0.717, 1.165) is 5.30 Å². The standard InChI is InChI=1S/C15H16BNOP/c1-12-15(13-8-4-2-5-9-13)18-19(16,17-12)14-10-6-3-7-11-14/h2-12,15,17H,1H3/q+1/t12-,15-,19?/m0/s1. The largest absolute Gasteiger partial charge is 0.433 e. The van der Waals surface area contributed by atoms with Gasteiger partial charge in [0, 0.05) is 0 Å². The third kappa shape index (κ3) is 2.46. The number of nitrogens with one attached hydrogen (secondary N) is 1. The topological polar surface area (TPSA) is 21.3 Å². The van der Waals surface area contributed by atoms with Crippen LogP contribution in [0.3, 0.4) is 0 Å². The second kappa shape index (κ2) is 5.09. The summed E-state index contributed by atoms with van der Waals surface area (Å²) in [5.74, 6) is 0. The zero-order valence-electron chi connectivity index (χ0n) is 10.9. The summed E-state index contributed by atoms with van der Waals surface area (Å²) in [5, 5.41) is 4.52. The van der Waals surface area contributed by atoms with Gasteiger partial charge in [0.2, 0.25) is 0 Å². The van der Waals surface area contributed by atoms with Crippen molar-refractivity contribution in [1.29, 1.82) is 0 Å². The molecule has 3 atom stereocenters. The molecular formula is C15H16BNOP+. The molecule has 0 amide bonds. The van der Waals surface area contributed by atoms with Crippen molar-refractivity contribution in [3.05, 3.63) is 66.2 Å². The van der Waals surface area contributed by atoms with Crippen molar-refractivity contribution in [3.8, 4) is 0 Å². The van der Waals surface area contributed by atoms with Crippen molar-refractivity contribution in [2.24, 2.45) is 0 Å². The molecule has 1 fully saturated rings. The predicted octanol–water partition coefficient (Wildman–Crippen LogP) is 2.99. The Morgan fingerprint density at radius 2 is 1.58 bits per heavy atom. The third-order valence-corrected chi connectivity index (χ3v) is 5.81. The molecule has 1 N–H and O–H groups in total. The van der Waals surface area contributed by atoms with Gasteiger partial charge in [0.1, 0.15) is 11.4 Å². The Kier molecular flexibility index (Phi) is 3.45. The van der Waals surface area contributed by atoms with Gasteiger partial charge in [-0.15, -0.1) is 0 Å². The molecule has 1 heterocycles. The smallest absolute Gasteiger partial charge is 0.224 e. The van der Waals surface area contributed by atoms with Crippen LogP contribution < -0.4 is 10.4 Å². The summed E-state index contributed by atoms with van der Waals surface area (Å²) in [7, 11) is 4.28. The monoisotopic (exact) mass is 268 g/mol. The summed E-state index contributed by atoms with van der Waals surface area (Å²) in [4.78, 5) is 0. The van der Waals surface area contributed by atoms with Crippen LogP contribution in [-0.2, 0) is 4.52 Å². The van der Waals surface area contributed by atoms with E-state index in [-0.39, 0.29) is 12.1 Å². The quantitative estimate of drug-likeness (QED) is 0.667. The Bertz CT molecular complexity index is 551. The summed E-state index contributed by atoms with van der Waals surface area (Å²) in [5.41, 5.74) is 1.17. The summed E-state index contributed by atoms with van der Waals surface area (Å²) >= 11 is 0. The average molecular weight is 268 g/mol. The van der Waals surface area contributed by atoms with E-state index < -0.39 is 7.52 Å². The number of benzene rings is 2. The van der Waals surface area contributed by atoms with Crippen LogP contribution in [0.25, 0.3) is 0 Å². The Balaban J connectivity index is 1.90. The predicted molar refractivity (Wildman–Crippen MR) is 81.6 cm³/mol. The molecule has 2 radical (unpaired) electrons. The Labute approximate surface area is 116 Å². The Hall–Kier alpha value is -1.15. The van der Waals surface area contributed by atoms with E-state index in [4.69, 9.17) is 12.1 Å². The van der Waals surface area contributed by atoms with Gasteiger partial charge in [0.15, 0.2) is 7.52 Å². The normalized spacial score (nSPS) is 30.4. The van der Waals surface area contributed by atoms with Crippen LogP contribution >= 0.6 is 7.52 Å². The van der Waals surface area contributed by atoms with Gasteiger partial charge >= 0.3 is 7.57 Å². The summed E-state index contributed by atoms with van der Waals surface area (Å²) in [6.45, 7) is 2.12. The summed E-state index contributed by atoms with van der Waals surface area (Å²) < 4.78 is 6.21. The number of hydrogen-bond acceptors (Lipinski definition) is 2. The fourth-order valence-corrected chi connectivity index (χ4v) is 4.80. The first-order chi connectivity index (χ1) is 9.19. The average Bonchev–Trinajstić information content (AvgIpc) is 2.77. The molecule has 3 rings (SSSR count). The minimum Gasteiger partial charge on any atom is -0.224 e. The highest BCUT2D eigenvalue weighted by molar-refractivity contribution is 7.98. The molecule has 1 unspecified atom stereocenters. The summed E-state index contributed by atoms with van der Waals surface area (Å²) in [6.07, 6.45) is 0.0136. The maximum atomic E-state index is 6.48. The molecule has 2 nitrogen and oxygen atoms in total. The van der Waals surface area contributed by atoms with Crippen molar-refractivity contribution in [2.45, 2.75) is 19.1 Å². The molecule has 0 aromatic heterocycles. The fourth-order valence-electron chi connectivity index (χ4n) is 2.45. The Morgan fingerprint density at radius 1 is 1.00 bits per heavy atom. The lowest BCUT2D eigenvalue weighted by Gasteiger charge is -2.15. The molecule has 0 saturated carbocycles. The molecule has 0 bridgehead atoms. The van der Waals surface area contributed by atoms with Gasteiger partial charge in [-0.1, -0.05) is 48.5 Å². The molecule has 0 spiro atoms. The molecule has 1 aliphatic rings. The maximum absolute atomic E-state index is 6.48. The van der Waals surface area contributed by atoms with Crippen molar-refractivity contribution in [1.82, 2.24) is 5.09 Å². The van der Waals surface area contributed by atoms with Gasteiger partial charge in [0.05, 0.1) is 6.04 Å². The van der Waals surface area contributed by atoms with Crippen molar-refractivity contribution < 1.29 is 4.52 Å². The molecule has 19 heavy (non-hydrogen) atoms. The molecule has 1 saturated heterocycles. The van der Waals surface area contributed by atoms with Crippen molar-refractivity contribution in [3.63, 3.8) is 0 Å². The van der Waals surface area contributed by atoms with Crippen LogP contribution in [0.2, 0.25) is 0 Å². The minimum absolute atomic E-state index is 0.0136. The first-order valence-electron chi connectivity index (χ1n) is 6.43. The van der Waals surface area contributed by atoms with Gasteiger partial charge in [-0.2, -0.15) is 5.09 Å². The van der Waals surface area contributed by atoms with Crippen molar-refractivity contribution in [2.75, 3.05) is 0 Å². The zero-order valence-corrected chi connectivity index (χ0v) is 11.8. The highest BCUT2D eigenvalue weighted by Crippen LogP contribution is 2.59. The summed E-state index contributed by atoms with van der Waals surface area (Å²) in [6, 6.07) is 20.5. The molecule has 1 aliphatic heterocycles. The Morgan fingerprint density at radius 3 is 2.21 bits per heavy atom. The SMILES string of the molecule is [B][P+]1(c2ccccc2)N[C@@H](C)[C@@H](c2ccccc2)O1. The van der Waals surface area contributed by atoms with Gasteiger partial charge in [-0.3, -0.25) is 0 Å². The van der Waals surface area contributed by atoms with Gasteiger partial charge in [-0.25, -0.2) is 4.52 Å². The van der Waals surface area contributed by atoms with E-state index in [2.05, 4.69) is 24.1 Å². The van der Waals surface area contributed by atoms with E-state index in [1.165, 1.54) is 5.56 Å². The van der Waals surface area contributed by atoms with E-state index in [1.807, 2.05) is 48.5 Å². The zero-order chi connectivity index (χ0) is 13.3. The van der Waals surface area contributed by atoms with Gasteiger partial charge in [-0.05, 0) is 24.6 Å². The van der Waals surface area contributed by atoms with Crippen LogP contribution in [0, 0.1) is 0 Å². The van der Waals surface area contributed by atoms with E-state index in [0.29, 0.717) is 0 Å². The molecule has 2 aromatic rings. The first kappa shape index (κ1) is 12.9. The van der Waals surface area contributed by atoms with Crippen LogP contribution in [-0.4, -0.2) is 13.6 Å². The fraction of sp³-hybridized carbons (Fsp3) is 0.200. The van der Waals surface area contributed by atoms with Crippen molar-refractivity contribution >= 4 is 20.4 Å². The number of rotatable bonds is 2. The van der Waals surface area contributed by atoms with E-state index in [9.17, 15) is 0 Å². The lowest BCUT2D eigenvalue weighted by atomic mass is 10.0. The van der Waals surface area contributed by atoms with Crippen LogP contribution in [0.1, 0.15) is 18.6 Å². The molecule has 94 valence electrons. The lowest BCUT2D eigenvalue weighted by molar-refractivity contribution is 0.236.